The molecule has 4 rings (SSSR count). The molecule has 0 N–H and O–H groups in total. The van der Waals surface area contributed by atoms with Gasteiger partial charge >= 0.3 is 6.09 Å². The summed E-state index contributed by atoms with van der Waals surface area (Å²) in [5.74, 6) is 0.845. The second-order valence-corrected chi connectivity index (χ2v) is 7.75. The lowest BCUT2D eigenvalue weighted by Crippen LogP contribution is -2.41. The molecule has 1 aromatic heterocycles. The number of likely N-dealkylation sites (tertiary alicyclic amines) is 1. The maximum absolute atomic E-state index is 12.3. The van der Waals surface area contributed by atoms with E-state index in [0.29, 0.717) is 6.54 Å². The topological polar surface area (TPSA) is 71.0 Å². The molecule has 0 aromatic carbocycles. The Balaban J connectivity index is 1.29. The van der Waals surface area contributed by atoms with Crippen molar-refractivity contribution >= 4 is 6.09 Å². The third-order valence-electron chi connectivity index (χ3n) is 5.57. The van der Waals surface area contributed by atoms with E-state index in [-0.39, 0.29) is 18.2 Å². The molecule has 2 atom stereocenters. The third kappa shape index (κ3) is 4.39. The molecule has 0 unspecified atom stereocenters. The van der Waals surface area contributed by atoms with E-state index in [0.717, 1.165) is 76.1 Å². The van der Waals surface area contributed by atoms with Crippen molar-refractivity contribution in [2.45, 2.75) is 39.0 Å². The van der Waals surface area contributed by atoms with Gasteiger partial charge in [0.05, 0.1) is 25.8 Å². The quantitative estimate of drug-likeness (QED) is 0.729. The van der Waals surface area contributed by atoms with Crippen molar-refractivity contribution in [3.05, 3.63) is 23.3 Å². The number of aryl methyl sites for hydroxylation is 2. The lowest BCUT2D eigenvalue weighted by molar-refractivity contribution is 0.0362. The number of carbonyl (C=O) groups excluding carboxylic acids is 1. The third-order valence-corrected chi connectivity index (χ3v) is 5.57. The Morgan fingerprint density at radius 2 is 1.81 bits per heavy atom. The van der Waals surface area contributed by atoms with Crippen molar-refractivity contribution in [1.82, 2.24) is 24.7 Å². The molecule has 1 aromatic rings. The van der Waals surface area contributed by atoms with Gasteiger partial charge in [-0.25, -0.2) is 14.8 Å². The molecule has 3 saturated heterocycles. The highest BCUT2D eigenvalue weighted by atomic mass is 16.6. The zero-order valence-corrected chi connectivity index (χ0v) is 16.3. The van der Waals surface area contributed by atoms with E-state index in [1.807, 2.05) is 24.8 Å². The molecule has 1 amide bonds. The van der Waals surface area contributed by atoms with Gasteiger partial charge in [-0.05, 0) is 26.3 Å². The number of hydrogen-bond donors (Lipinski definition) is 0. The summed E-state index contributed by atoms with van der Waals surface area (Å²) < 4.78 is 11.0. The van der Waals surface area contributed by atoms with Crippen LogP contribution in [-0.4, -0.2) is 95.4 Å². The number of fused-ring (bicyclic) bond motifs is 1. The predicted molar refractivity (Wildman–Crippen MR) is 99.4 cm³/mol. The number of rotatable bonds is 6. The molecule has 0 aliphatic carbocycles. The summed E-state index contributed by atoms with van der Waals surface area (Å²) in [6.07, 6.45) is 0.777. The maximum atomic E-state index is 12.3. The maximum Gasteiger partial charge on any atom is 0.410 e. The van der Waals surface area contributed by atoms with Gasteiger partial charge in [-0.15, -0.1) is 0 Å². The summed E-state index contributed by atoms with van der Waals surface area (Å²) in [7, 11) is 0. The Bertz CT molecular complexity index is 659. The molecule has 0 spiro atoms. The minimum Gasteiger partial charge on any atom is -0.442 e. The van der Waals surface area contributed by atoms with Crippen LogP contribution in [0.25, 0.3) is 0 Å². The SMILES string of the molecule is Cc1cc(C)nc(CN2C[C@H]3OC(=O)N(CCCN4CCOCC4)[C@H]3C2)n1. The standard InChI is InChI=1S/C19H29N5O3/c1-14-10-15(2)21-18(20-14)13-23-11-16-17(12-23)27-19(25)24(16)5-3-4-22-6-8-26-9-7-22/h10,16-17H,3-9,11-13H2,1-2H3/t16-,17+/m0/s1. The second-order valence-electron chi connectivity index (χ2n) is 7.75. The second kappa shape index (κ2) is 8.08. The number of amides is 1. The summed E-state index contributed by atoms with van der Waals surface area (Å²) in [6, 6.07) is 2.13. The highest BCUT2D eigenvalue weighted by molar-refractivity contribution is 5.71. The minimum atomic E-state index is -0.158. The summed E-state index contributed by atoms with van der Waals surface area (Å²) in [5, 5.41) is 0. The van der Waals surface area contributed by atoms with Crippen LogP contribution in [0.3, 0.4) is 0 Å². The first-order valence-electron chi connectivity index (χ1n) is 9.89. The van der Waals surface area contributed by atoms with Gasteiger partial charge in [0.15, 0.2) is 0 Å². The Morgan fingerprint density at radius 3 is 2.56 bits per heavy atom. The summed E-state index contributed by atoms with van der Waals surface area (Å²) in [4.78, 5) is 27.9. The van der Waals surface area contributed by atoms with Crippen LogP contribution in [0, 0.1) is 13.8 Å². The number of ether oxygens (including phenoxy) is 2. The van der Waals surface area contributed by atoms with Crippen molar-refractivity contribution < 1.29 is 14.3 Å². The van der Waals surface area contributed by atoms with Crippen LogP contribution in [0.5, 0.6) is 0 Å². The molecule has 27 heavy (non-hydrogen) atoms. The monoisotopic (exact) mass is 375 g/mol. The fourth-order valence-electron chi connectivity index (χ4n) is 4.33. The van der Waals surface area contributed by atoms with E-state index in [1.54, 1.807) is 0 Å². The van der Waals surface area contributed by atoms with Gasteiger partial charge in [0.2, 0.25) is 0 Å². The first-order valence-corrected chi connectivity index (χ1v) is 9.89. The smallest absolute Gasteiger partial charge is 0.410 e. The number of hydrogen-bond acceptors (Lipinski definition) is 7. The fraction of sp³-hybridized carbons (Fsp3) is 0.737. The first-order chi connectivity index (χ1) is 13.1. The van der Waals surface area contributed by atoms with Gasteiger partial charge in [0.1, 0.15) is 11.9 Å². The lowest BCUT2D eigenvalue weighted by Gasteiger charge is -2.28. The largest absolute Gasteiger partial charge is 0.442 e. The molecule has 8 nitrogen and oxygen atoms in total. The van der Waals surface area contributed by atoms with Crippen LogP contribution in [0.1, 0.15) is 23.6 Å². The predicted octanol–water partition coefficient (Wildman–Crippen LogP) is 0.821. The molecule has 3 aliphatic rings. The minimum absolute atomic E-state index is 0.0354. The summed E-state index contributed by atoms with van der Waals surface area (Å²) in [5.41, 5.74) is 1.99. The van der Waals surface area contributed by atoms with Crippen molar-refractivity contribution in [2.75, 3.05) is 52.5 Å². The van der Waals surface area contributed by atoms with Gasteiger partial charge in [-0.2, -0.15) is 0 Å². The van der Waals surface area contributed by atoms with Crippen molar-refractivity contribution in [3.8, 4) is 0 Å². The van der Waals surface area contributed by atoms with Crippen LogP contribution < -0.4 is 0 Å². The summed E-state index contributed by atoms with van der Waals surface area (Å²) >= 11 is 0. The molecule has 8 heteroatoms. The number of aromatic nitrogens is 2. The number of nitrogens with zero attached hydrogens (tertiary/aromatic N) is 5. The normalized spacial score (nSPS) is 26.4. The van der Waals surface area contributed by atoms with Gasteiger partial charge in [0.25, 0.3) is 0 Å². The zero-order valence-electron chi connectivity index (χ0n) is 16.3. The van der Waals surface area contributed by atoms with Crippen LogP contribution in [0.15, 0.2) is 6.07 Å². The van der Waals surface area contributed by atoms with Crippen LogP contribution in [0.4, 0.5) is 4.79 Å². The Hall–Kier alpha value is -1.77. The van der Waals surface area contributed by atoms with Crippen LogP contribution >= 0.6 is 0 Å². The van der Waals surface area contributed by atoms with Crippen molar-refractivity contribution in [2.24, 2.45) is 0 Å². The van der Waals surface area contributed by atoms with E-state index >= 15 is 0 Å². The van der Waals surface area contributed by atoms with Gasteiger partial charge in [-0.3, -0.25) is 9.80 Å². The molecule has 148 valence electrons. The Labute approximate surface area is 160 Å². The number of carbonyl (C=O) groups is 1. The molecular weight excluding hydrogens is 346 g/mol. The van der Waals surface area contributed by atoms with Crippen LogP contribution in [0.2, 0.25) is 0 Å². The van der Waals surface area contributed by atoms with E-state index in [1.165, 1.54) is 0 Å². The van der Waals surface area contributed by atoms with E-state index < -0.39 is 0 Å². The van der Waals surface area contributed by atoms with E-state index in [9.17, 15) is 4.79 Å². The van der Waals surface area contributed by atoms with Crippen LogP contribution in [-0.2, 0) is 16.0 Å². The molecule has 0 saturated carbocycles. The first kappa shape index (κ1) is 18.6. The Morgan fingerprint density at radius 1 is 1.07 bits per heavy atom. The summed E-state index contributed by atoms with van der Waals surface area (Å²) in [6.45, 7) is 11.6. The average Bonchev–Trinajstić information content (AvgIpc) is 3.12. The number of morpholine rings is 1. The zero-order chi connectivity index (χ0) is 18.8. The molecule has 0 radical (unpaired) electrons. The molecule has 4 heterocycles. The Kier molecular flexibility index (Phi) is 5.56. The van der Waals surface area contributed by atoms with Gasteiger partial charge in [0, 0.05) is 50.7 Å². The molecule has 0 bridgehead atoms. The van der Waals surface area contributed by atoms with E-state index in [2.05, 4.69) is 19.8 Å². The molecule has 3 fully saturated rings. The van der Waals surface area contributed by atoms with Crippen molar-refractivity contribution in [3.63, 3.8) is 0 Å². The fourth-order valence-corrected chi connectivity index (χ4v) is 4.33. The lowest BCUT2D eigenvalue weighted by atomic mass is 10.2. The van der Waals surface area contributed by atoms with Crippen molar-refractivity contribution in [1.29, 1.82) is 0 Å². The molecular formula is C19H29N5O3. The average molecular weight is 375 g/mol. The molecule has 3 aliphatic heterocycles. The highest BCUT2D eigenvalue weighted by Crippen LogP contribution is 2.27. The van der Waals surface area contributed by atoms with Gasteiger partial charge in [-0.1, -0.05) is 0 Å². The van der Waals surface area contributed by atoms with E-state index in [4.69, 9.17) is 9.47 Å². The highest BCUT2D eigenvalue weighted by Gasteiger charge is 2.47. The van der Waals surface area contributed by atoms with Gasteiger partial charge < -0.3 is 14.4 Å².